The van der Waals surface area contributed by atoms with Crippen LogP contribution in [0.15, 0.2) is 12.2 Å². The fraction of sp³-hybridized carbons (Fsp3) is 0.800. The van der Waals surface area contributed by atoms with Gasteiger partial charge in [-0.1, -0.05) is 12.2 Å². The van der Waals surface area contributed by atoms with Crippen molar-refractivity contribution in [1.29, 1.82) is 0 Å². The third-order valence-corrected chi connectivity index (χ3v) is 4.92. The number of sulfonamides is 1. The molecule has 0 aromatic rings. The minimum Gasteiger partial charge on any atom is -0.212 e. The molecule has 0 spiro atoms. The van der Waals surface area contributed by atoms with Crippen molar-refractivity contribution in [2.75, 3.05) is 0 Å². The summed E-state index contributed by atoms with van der Waals surface area (Å²) in [6, 6.07) is 0.113. The summed E-state index contributed by atoms with van der Waals surface area (Å²) >= 11 is 0. The molecule has 80 valence electrons. The van der Waals surface area contributed by atoms with E-state index in [0.29, 0.717) is 0 Å². The Morgan fingerprint density at radius 3 is 2.57 bits per heavy atom. The molecule has 0 aromatic heterocycles. The highest BCUT2D eigenvalue weighted by molar-refractivity contribution is 7.90. The minimum absolute atomic E-state index is 0.0994. The van der Waals surface area contributed by atoms with Gasteiger partial charge >= 0.3 is 0 Å². The lowest BCUT2D eigenvalue weighted by atomic mass is 9.92. The molecule has 0 aromatic carbocycles. The highest BCUT2D eigenvalue weighted by Gasteiger charge is 2.37. The van der Waals surface area contributed by atoms with Gasteiger partial charge in [0.1, 0.15) is 0 Å². The van der Waals surface area contributed by atoms with Crippen molar-refractivity contribution in [3.05, 3.63) is 12.2 Å². The molecule has 3 nitrogen and oxygen atoms in total. The second kappa shape index (κ2) is 3.66. The Morgan fingerprint density at radius 1 is 1.29 bits per heavy atom. The van der Waals surface area contributed by atoms with E-state index in [4.69, 9.17) is 0 Å². The first-order valence-corrected chi connectivity index (χ1v) is 6.80. The number of rotatable bonds is 3. The van der Waals surface area contributed by atoms with Gasteiger partial charge in [-0.15, -0.1) is 0 Å². The van der Waals surface area contributed by atoms with Crippen LogP contribution in [-0.2, 0) is 10.0 Å². The molecule has 2 fully saturated rings. The van der Waals surface area contributed by atoms with Crippen molar-refractivity contribution in [2.24, 2.45) is 0 Å². The van der Waals surface area contributed by atoms with Crippen LogP contribution in [-0.4, -0.2) is 19.7 Å². The first-order chi connectivity index (χ1) is 6.58. The normalized spacial score (nSPS) is 29.1. The van der Waals surface area contributed by atoms with Gasteiger partial charge in [-0.05, 0) is 38.5 Å². The molecular weight excluding hydrogens is 198 g/mol. The molecule has 0 radical (unpaired) electrons. The van der Waals surface area contributed by atoms with Gasteiger partial charge in [-0.2, -0.15) is 0 Å². The SMILES string of the molecule is C=C1CCCC(NS(=O)(=O)C2CC2)C1. The summed E-state index contributed by atoms with van der Waals surface area (Å²) in [5.74, 6) is 0. The van der Waals surface area contributed by atoms with Gasteiger partial charge in [0.2, 0.25) is 10.0 Å². The summed E-state index contributed by atoms with van der Waals surface area (Å²) in [5.41, 5.74) is 1.18. The molecule has 14 heavy (non-hydrogen) atoms. The molecule has 0 saturated heterocycles. The summed E-state index contributed by atoms with van der Waals surface area (Å²) in [6.07, 6.45) is 5.58. The zero-order chi connectivity index (χ0) is 10.2. The maximum Gasteiger partial charge on any atom is 0.214 e. The topological polar surface area (TPSA) is 46.2 Å². The lowest BCUT2D eigenvalue weighted by molar-refractivity contribution is 0.473. The highest BCUT2D eigenvalue weighted by Crippen LogP contribution is 2.29. The quantitative estimate of drug-likeness (QED) is 0.726. The van der Waals surface area contributed by atoms with E-state index >= 15 is 0 Å². The van der Waals surface area contributed by atoms with Gasteiger partial charge in [-0.3, -0.25) is 0 Å². The molecule has 0 aliphatic heterocycles. The van der Waals surface area contributed by atoms with Crippen LogP contribution in [0.3, 0.4) is 0 Å². The molecule has 1 unspecified atom stereocenters. The van der Waals surface area contributed by atoms with Crippen LogP contribution >= 0.6 is 0 Å². The maximum absolute atomic E-state index is 11.6. The number of nitrogens with one attached hydrogen (secondary N) is 1. The predicted molar refractivity (Wildman–Crippen MR) is 56.5 cm³/mol. The Labute approximate surface area is 85.6 Å². The molecule has 0 bridgehead atoms. The van der Waals surface area contributed by atoms with Crippen molar-refractivity contribution in [1.82, 2.24) is 4.72 Å². The highest BCUT2D eigenvalue weighted by atomic mass is 32.2. The lowest BCUT2D eigenvalue weighted by Gasteiger charge is -2.24. The molecule has 1 atom stereocenters. The van der Waals surface area contributed by atoms with E-state index in [1.807, 2.05) is 0 Å². The average Bonchev–Trinajstić information content (AvgIpc) is 2.84. The number of hydrogen-bond acceptors (Lipinski definition) is 2. The van der Waals surface area contributed by atoms with Crippen LogP contribution in [0.1, 0.15) is 38.5 Å². The molecule has 0 heterocycles. The third-order valence-electron chi connectivity index (χ3n) is 2.91. The standard InChI is InChI=1S/C10H17NO2S/c1-8-3-2-4-9(7-8)11-14(12,13)10-5-6-10/h9-11H,1-7H2. The Morgan fingerprint density at radius 2 is 2.00 bits per heavy atom. The van der Waals surface area contributed by atoms with Crippen molar-refractivity contribution in [3.8, 4) is 0 Å². The van der Waals surface area contributed by atoms with Crippen molar-refractivity contribution < 1.29 is 8.42 Å². The van der Waals surface area contributed by atoms with Crippen LogP contribution in [0.5, 0.6) is 0 Å². The molecule has 2 aliphatic carbocycles. The van der Waals surface area contributed by atoms with Crippen LogP contribution in [0.2, 0.25) is 0 Å². The van der Waals surface area contributed by atoms with Crippen LogP contribution in [0, 0.1) is 0 Å². The summed E-state index contributed by atoms with van der Waals surface area (Å²) in [4.78, 5) is 0. The Bertz CT molecular complexity index is 330. The molecule has 2 aliphatic rings. The Kier molecular flexibility index (Phi) is 2.66. The minimum atomic E-state index is -3.00. The van der Waals surface area contributed by atoms with E-state index in [0.717, 1.165) is 38.5 Å². The predicted octanol–water partition coefficient (Wildman–Crippen LogP) is 1.57. The second-order valence-electron chi connectivity index (χ2n) is 4.41. The van der Waals surface area contributed by atoms with E-state index in [-0.39, 0.29) is 11.3 Å². The largest absolute Gasteiger partial charge is 0.214 e. The van der Waals surface area contributed by atoms with Gasteiger partial charge in [0.25, 0.3) is 0 Å². The van der Waals surface area contributed by atoms with Gasteiger partial charge < -0.3 is 0 Å². The fourth-order valence-electron chi connectivity index (χ4n) is 1.96. The zero-order valence-corrected chi connectivity index (χ0v) is 9.15. The van der Waals surface area contributed by atoms with Crippen LogP contribution in [0.4, 0.5) is 0 Å². The molecule has 1 N–H and O–H groups in total. The van der Waals surface area contributed by atoms with E-state index in [1.165, 1.54) is 5.57 Å². The summed E-state index contributed by atoms with van der Waals surface area (Å²) < 4.78 is 26.1. The average molecular weight is 215 g/mol. The summed E-state index contributed by atoms with van der Waals surface area (Å²) in [6.45, 7) is 3.92. The lowest BCUT2D eigenvalue weighted by Crippen LogP contribution is -2.38. The van der Waals surface area contributed by atoms with Crippen molar-refractivity contribution in [3.63, 3.8) is 0 Å². The fourth-order valence-corrected chi connectivity index (χ4v) is 3.57. The monoisotopic (exact) mass is 215 g/mol. The first-order valence-electron chi connectivity index (χ1n) is 5.26. The second-order valence-corrected chi connectivity index (χ2v) is 6.40. The van der Waals surface area contributed by atoms with Crippen molar-refractivity contribution in [2.45, 2.75) is 49.8 Å². The van der Waals surface area contributed by atoms with Crippen LogP contribution in [0.25, 0.3) is 0 Å². The van der Waals surface area contributed by atoms with E-state index in [9.17, 15) is 8.42 Å². The molecule has 2 rings (SSSR count). The Balaban J connectivity index is 1.93. The zero-order valence-electron chi connectivity index (χ0n) is 8.33. The molecule has 0 amide bonds. The van der Waals surface area contributed by atoms with Gasteiger partial charge in [0.15, 0.2) is 0 Å². The molecular formula is C10H17NO2S. The molecule has 2 saturated carbocycles. The van der Waals surface area contributed by atoms with E-state index in [2.05, 4.69) is 11.3 Å². The maximum atomic E-state index is 11.6. The van der Waals surface area contributed by atoms with Gasteiger partial charge in [0.05, 0.1) is 5.25 Å². The Hall–Kier alpha value is -0.350. The van der Waals surface area contributed by atoms with Gasteiger partial charge in [-0.25, -0.2) is 13.1 Å². The molecule has 4 heteroatoms. The van der Waals surface area contributed by atoms with E-state index < -0.39 is 10.0 Å². The number of hydrogen-bond donors (Lipinski definition) is 1. The summed E-state index contributed by atoms with van der Waals surface area (Å²) in [5, 5.41) is -0.0994. The smallest absolute Gasteiger partial charge is 0.212 e. The third kappa shape index (κ3) is 2.36. The first kappa shape index (κ1) is 10.2. The van der Waals surface area contributed by atoms with E-state index in [1.54, 1.807) is 0 Å². The van der Waals surface area contributed by atoms with Crippen molar-refractivity contribution >= 4 is 10.0 Å². The summed E-state index contributed by atoms with van der Waals surface area (Å²) in [7, 11) is -3.00. The van der Waals surface area contributed by atoms with Gasteiger partial charge in [0, 0.05) is 6.04 Å². The van der Waals surface area contributed by atoms with Crippen LogP contribution < -0.4 is 4.72 Å².